The van der Waals surface area contributed by atoms with Gasteiger partial charge < -0.3 is 9.47 Å². The van der Waals surface area contributed by atoms with Crippen molar-refractivity contribution >= 4 is 12.4 Å². The average Bonchev–Trinajstić information content (AvgIpc) is 2.22. The molecule has 0 heterocycles. The highest BCUT2D eigenvalue weighted by Crippen LogP contribution is 2.35. The Morgan fingerprint density at radius 1 is 1.17 bits per heavy atom. The highest BCUT2D eigenvalue weighted by molar-refractivity contribution is 5.81. The van der Waals surface area contributed by atoms with Crippen molar-refractivity contribution < 1.29 is 45.4 Å². The Morgan fingerprint density at radius 2 is 1.50 bits per heavy atom. The van der Waals surface area contributed by atoms with Crippen LogP contribution in [0.2, 0.25) is 0 Å². The van der Waals surface area contributed by atoms with Gasteiger partial charge in [0.25, 0.3) is 12.6 Å². The molecular formula is C8H8F6O4. The summed E-state index contributed by atoms with van der Waals surface area (Å²) in [6.07, 6.45) is -15.3. The second-order valence-electron chi connectivity index (χ2n) is 2.44. The number of alkyl halides is 6. The Kier molecular flexibility index (Phi) is 7.82. The zero-order valence-electron chi connectivity index (χ0n) is 8.84. The zero-order valence-corrected chi connectivity index (χ0v) is 8.84. The summed E-state index contributed by atoms with van der Waals surface area (Å²) < 4.78 is 77.1. The first-order valence-electron chi connectivity index (χ1n) is 3.93. The van der Waals surface area contributed by atoms with Gasteiger partial charge in [0, 0.05) is 6.08 Å². The standard InChI is InChI=1S/C6H4F6O2.C2H4O2/c1-2-3(13)14-4(5(7,8)9)6(10,11)12;1-4-2-3/h2,4H,1H2;2H,1H3. The van der Waals surface area contributed by atoms with Crippen molar-refractivity contribution in [3.05, 3.63) is 12.7 Å². The maximum atomic E-state index is 11.7. The lowest BCUT2D eigenvalue weighted by Gasteiger charge is -2.21. The highest BCUT2D eigenvalue weighted by Gasteiger charge is 2.59. The van der Waals surface area contributed by atoms with Crippen LogP contribution < -0.4 is 0 Å². The van der Waals surface area contributed by atoms with Crippen LogP contribution in [0.4, 0.5) is 26.3 Å². The molecule has 0 aliphatic rings. The van der Waals surface area contributed by atoms with Gasteiger partial charge >= 0.3 is 18.3 Å². The number of methoxy groups -OCH3 is 1. The molecular weight excluding hydrogens is 274 g/mol. The highest BCUT2D eigenvalue weighted by atomic mass is 19.4. The lowest BCUT2D eigenvalue weighted by atomic mass is 10.3. The van der Waals surface area contributed by atoms with Gasteiger partial charge in [-0.25, -0.2) is 4.79 Å². The molecule has 0 unspecified atom stereocenters. The fourth-order valence-electron chi connectivity index (χ4n) is 0.483. The van der Waals surface area contributed by atoms with E-state index in [1.165, 1.54) is 7.11 Å². The van der Waals surface area contributed by atoms with Crippen molar-refractivity contribution in [2.24, 2.45) is 0 Å². The van der Waals surface area contributed by atoms with Crippen LogP contribution in [0.1, 0.15) is 0 Å². The van der Waals surface area contributed by atoms with Gasteiger partial charge in [-0.05, 0) is 0 Å². The summed E-state index contributed by atoms with van der Waals surface area (Å²) in [5.74, 6) is -1.79. The van der Waals surface area contributed by atoms with E-state index in [0.29, 0.717) is 6.47 Å². The van der Waals surface area contributed by atoms with E-state index in [2.05, 4.69) is 16.1 Å². The van der Waals surface area contributed by atoms with Gasteiger partial charge in [-0.3, -0.25) is 4.79 Å². The van der Waals surface area contributed by atoms with E-state index in [1.807, 2.05) is 0 Å². The number of ether oxygens (including phenoxy) is 2. The van der Waals surface area contributed by atoms with E-state index in [-0.39, 0.29) is 6.08 Å². The molecule has 4 nitrogen and oxygen atoms in total. The van der Waals surface area contributed by atoms with E-state index in [4.69, 9.17) is 4.79 Å². The molecule has 106 valence electrons. The number of esters is 1. The predicted molar refractivity (Wildman–Crippen MR) is 45.3 cm³/mol. The van der Waals surface area contributed by atoms with Crippen molar-refractivity contribution in [1.82, 2.24) is 0 Å². The number of rotatable bonds is 3. The smallest absolute Gasteiger partial charge is 0.434 e. The maximum Gasteiger partial charge on any atom is 0.434 e. The van der Waals surface area contributed by atoms with Crippen LogP contribution in [0, 0.1) is 0 Å². The van der Waals surface area contributed by atoms with E-state index < -0.39 is 24.4 Å². The number of carbonyl (C=O) groups is 2. The summed E-state index contributed by atoms with van der Waals surface area (Å²) in [4.78, 5) is 19.1. The summed E-state index contributed by atoms with van der Waals surface area (Å²) in [5, 5.41) is 0. The van der Waals surface area contributed by atoms with E-state index in [1.54, 1.807) is 0 Å². The Bertz CT molecular complexity index is 268. The first kappa shape index (κ1) is 18.6. The summed E-state index contributed by atoms with van der Waals surface area (Å²) in [5.41, 5.74) is 0. The number of hydrogen-bond donors (Lipinski definition) is 0. The number of halogens is 6. The molecule has 0 spiro atoms. The van der Waals surface area contributed by atoms with Crippen LogP contribution in [-0.4, -0.2) is 38.0 Å². The van der Waals surface area contributed by atoms with Crippen molar-refractivity contribution in [1.29, 1.82) is 0 Å². The summed E-state index contributed by atoms with van der Waals surface area (Å²) in [6.45, 7) is 3.04. The van der Waals surface area contributed by atoms with Gasteiger partial charge in [-0.1, -0.05) is 6.58 Å². The van der Waals surface area contributed by atoms with Crippen LogP contribution in [0.3, 0.4) is 0 Å². The SMILES string of the molecule is C=CC(=O)OC(C(F)(F)F)C(F)(F)F.COC=O. The molecule has 0 aromatic carbocycles. The van der Waals surface area contributed by atoms with Crippen molar-refractivity contribution in [2.75, 3.05) is 7.11 Å². The second kappa shape index (κ2) is 7.56. The van der Waals surface area contributed by atoms with E-state index in [9.17, 15) is 31.1 Å². The molecule has 0 rings (SSSR count). The first-order chi connectivity index (χ1) is 8.00. The van der Waals surface area contributed by atoms with Gasteiger partial charge in [0.15, 0.2) is 0 Å². The third kappa shape index (κ3) is 8.42. The van der Waals surface area contributed by atoms with Crippen LogP contribution in [-0.2, 0) is 19.1 Å². The normalized spacial score (nSPS) is 11.1. The largest absolute Gasteiger partial charge is 0.471 e. The summed E-state index contributed by atoms with van der Waals surface area (Å²) >= 11 is 0. The number of carbonyl (C=O) groups excluding carboxylic acids is 2. The number of hydrogen-bond acceptors (Lipinski definition) is 4. The maximum absolute atomic E-state index is 11.7. The Morgan fingerprint density at radius 3 is 1.67 bits per heavy atom. The quantitative estimate of drug-likeness (QED) is 0.344. The summed E-state index contributed by atoms with van der Waals surface area (Å²) in [6, 6.07) is 0. The second-order valence-corrected chi connectivity index (χ2v) is 2.44. The molecule has 0 amide bonds. The topological polar surface area (TPSA) is 52.6 Å². The van der Waals surface area contributed by atoms with Gasteiger partial charge in [0.2, 0.25) is 0 Å². The molecule has 10 heteroatoms. The molecule has 0 bridgehead atoms. The molecule has 0 fully saturated rings. The molecule has 0 saturated carbocycles. The lowest BCUT2D eigenvalue weighted by Crippen LogP contribution is -2.45. The average molecular weight is 282 g/mol. The molecule has 0 N–H and O–H groups in total. The Labute approximate surface area is 97.2 Å². The summed E-state index contributed by atoms with van der Waals surface area (Å²) in [7, 11) is 1.31. The third-order valence-electron chi connectivity index (χ3n) is 1.09. The molecule has 0 aromatic heterocycles. The van der Waals surface area contributed by atoms with Gasteiger partial charge in [0.05, 0.1) is 7.11 Å². The van der Waals surface area contributed by atoms with Gasteiger partial charge in [0.1, 0.15) is 0 Å². The van der Waals surface area contributed by atoms with Gasteiger partial charge in [-0.2, -0.15) is 26.3 Å². The van der Waals surface area contributed by atoms with Crippen LogP contribution in [0.15, 0.2) is 12.7 Å². The van der Waals surface area contributed by atoms with Crippen LogP contribution in [0.25, 0.3) is 0 Å². The van der Waals surface area contributed by atoms with Crippen molar-refractivity contribution in [2.45, 2.75) is 18.5 Å². The monoisotopic (exact) mass is 282 g/mol. The predicted octanol–water partition coefficient (Wildman–Crippen LogP) is 2.00. The van der Waals surface area contributed by atoms with E-state index in [0.717, 1.165) is 0 Å². The lowest BCUT2D eigenvalue weighted by molar-refractivity contribution is -0.312. The molecule has 0 aromatic rings. The van der Waals surface area contributed by atoms with Crippen LogP contribution >= 0.6 is 0 Å². The van der Waals surface area contributed by atoms with E-state index >= 15 is 0 Å². The molecule has 0 saturated heterocycles. The Balaban J connectivity index is 0. The molecule has 0 atom stereocenters. The van der Waals surface area contributed by atoms with Crippen molar-refractivity contribution in [3.63, 3.8) is 0 Å². The molecule has 0 radical (unpaired) electrons. The minimum atomic E-state index is -5.68. The Hall–Kier alpha value is -1.74. The molecule has 18 heavy (non-hydrogen) atoms. The molecule has 0 aliphatic carbocycles. The van der Waals surface area contributed by atoms with Crippen molar-refractivity contribution in [3.8, 4) is 0 Å². The third-order valence-corrected chi connectivity index (χ3v) is 1.09. The minimum Gasteiger partial charge on any atom is -0.471 e. The fraction of sp³-hybridized carbons (Fsp3) is 0.500. The van der Waals surface area contributed by atoms with Gasteiger partial charge in [-0.15, -0.1) is 0 Å². The minimum absolute atomic E-state index is 0.213. The molecule has 0 aliphatic heterocycles. The zero-order chi connectivity index (χ0) is 15.0. The fourth-order valence-corrected chi connectivity index (χ4v) is 0.483. The first-order valence-corrected chi connectivity index (χ1v) is 3.93. The van der Waals surface area contributed by atoms with Crippen LogP contribution in [0.5, 0.6) is 0 Å².